The second-order valence-corrected chi connectivity index (χ2v) is 6.44. The number of carbonyl (C=O) groups excluding carboxylic acids is 1. The lowest BCUT2D eigenvalue weighted by molar-refractivity contribution is -0.137. The van der Waals surface area contributed by atoms with Crippen LogP contribution in [-0.4, -0.2) is 29.4 Å². The van der Waals surface area contributed by atoms with Crippen LogP contribution in [0, 0.1) is 5.41 Å². The van der Waals surface area contributed by atoms with Crippen LogP contribution in [0.4, 0.5) is 5.69 Å². The van der Waals surface area contributed by atoms with Crippen molar-refractivity contribution in [2.75, 3.05) is 11.9 Å². The first-order valence-electron chi connectivity index (χ1n) is 9.08. The first-order valence-corrected chi connectivity index (χ1v) is 9.08. The van der Waals surface area contributed by atoms with Gasteiger partial charge in [-0.1, -0.05) is 30.3 Å². The van der Waals surface area contributed by atoms with Gasteiger partial charge in [-0.05, 0) is 42.5 Å². The van der Waals surface area contributed by atoms with Crippen LogP contribution >= 0.6 is 0 Å². The average molecular weight is 383 g/mol. The molecule has 0 spiro atoms. The van der Waals surface area contributed by atoms with Gasteiger partial charge in [0, 0.05) is 18.9 Å². The van der Waals surface area contributed by atoms with Crippen molar-refractivity contribution in [3.05, 3.63) is 48.0 Å². The zero-order chi connectivity index (χ0) is 20.5. The van der Waals surface area contributed by atoms with Gasteiger partial charge < -0.3 is 20.9 Å². The number of unbranched alkanes of at least 4 members (excludes halogenated alkanes) is 2. The summed E-state index contributed by atoms with van der Waals surface area (Å²) in [5.74, 6) is -0.411. The van der Waals surface area contributed by atoms with Gasteiger partial charge in [0.25, 0.3) is 0 Å². The summed E-state index contributed by atoms with van der Waals surface area (Å²) in [4.78, 5) is 22.1. The Morgan fingerprint density at radius 3 is 2.36 bits per heavy atom. The van der Waals surface area contributed by atoms with E-state index < -0.39 is 5.97 Å². The Morgan fingerprint density at radius 1 is 1.07 bits per heavy atom. The minimum Gasteiger partial charge on any atom is -0.491 e. The molecule has 2 aromatic rings. The van der Waals surface area contributed by atoms with E-state index in [-0.39, 0.29) is 18.2 Å². The standard InChI is InChI=1S/C21H25N3O4/c1-14(25)24-18-13-17(15-6-8-16(9-7-15)21(22)23)10-11-19(18)28-12-4-2-3-5-20(26)27/h6-11,13H,2-5,12H2,1H3,(H3,22,23)(H,24,25)(H,26,27). The maximum absolute atomic E-state index is 11.6. The highest BCUT2D eigenvalue weighted by Gasteiger charge is 2.09. The van der Waals surface area contributed by atoms with Crippen molar-refractivity contribution >= 4 is 23.4 Å². The predicted octanol–water partition coefficient (Wildman–Crippen LogP) is 3.62. The molecule has 0 unspecified atom stereocenters. The van der Waals surface area contributed by atoms with Crippen molar-refractivity contribution in [2.45, 2.75) is 32.6 Å². The number of rotatable bonds is 10. The number of carbonyl (C=O) groups is 2. The van der Waals surface area contributed by atoms with Gasteiger partial charge in [0.1, 0.15) is 11.6 Å². The van der Waals surface area contributed by atoms with Gasteiger partial charge >= 0.3 is 5.97 Å². The zero-order valence-corrected chi connectivity index (χ0v) is 15.8. The molecule has 0 aliphatic rings. The largest absolute Gasteiger partial charge is 0.491 e. The van der Waals surface area contributed by atoms with Crippen molar-refractivity contribution < 1.29 is 19.4 Å². The minimum atomic E-state index is -0.791. The summed E-state index contributed by atoms with van der Waals surface area (Å²) in [7, 11) is 0. The van der Waals surface area contributed by atoms with Crippen molar-refractivity contribution in [3.8, 4) is 16.9 Å². The smallest absolute Gasteiger partial charge is 0.303 e. The van der Waals surface area contributed by atoms with Gasteiger partial charge in [-0.3, -0.25) is 15.0 Å². The SMILES string of the molecule is CC(=O)Nc1cc(-c2ccc(C(=N)N)cc2)ccc1OCCCCCC(=O)O. The maximum Gasteiger partial charge on any atom is 0.303 e. The van der Waals surface area contributed by atoms with E-state index in [2.05, 4.69) is 5.32 Å². The lowest BCUT2D eigenvalue weighted by atomic mass is 10.0. The molecule has 5 N–H and O–H groups in total. The molecule has 0 atom stereocenters. The number of amides is 1. The number of carboxylic acid groups (broad SMARTS) is 1. The van der Waals surface area contributed by atoms with E-state index >= 15 is 0 Å². The number of aliphatic carboxylic acids is 1. The molecule has 0 fully saturated rings. The van der Waals surface area contributed by atoms with Crippen LogP contribution in [0.3, 0.4) is 0 Å². The molecule has 0 aliphatic heterocycles. The van der Waals surface area contributed by atoms with Gasteiger partial charge in [0.2, 0.25) is 5.91 Å². The lowest BCUT2D eigenvalue weighted by Gasteiger charge is -2.14. The summed E-state index contributed by atoms with van der Waals surface area (Å²) in [6.07, 6.45) is 2.28. The summed E-state index contributed by atoms with van der Waals surface area (Å²) >= 11 is 0. The molecular formula is C21H25N3O4. The number of carboxylic acids is 1. The summed E-state index contributed by atoms with van der Waals surface area (Å²) < 4.78 is 5.78. The molecule has 0 bridgehead atoms. The molecule has 0 heterocycles. The molecule has 2 aromatic carbocycles. The number of anilines is 1. The number of nitrogens with two attached hydrogens (primary N) is 1. The Balaban J connectivity index is 2.08. The predicted molar refractivity (Wildman–Crippen MR) is 109 cm³/mol. The fraction of sp³-hybridized carbons (Fsp3) is 0.286. The summed E-state index contributed by atoms with van der Waals surface area (Å²) in [5.41, 5.74) is 8.53. The van der Waals surface area contributed by atoms with Crippen LogP contribution in [0.5, 0.6) is 5.75 Å². The van der Waals surface area contributed by atoms with Crippen LogP contribution in [0.2, 0.25) is 0 Å². The molecule has 0 aromatic heterocycles. The third-order valence-corrected chi connectivity index (χ3v) is 4.11. The summed E-state index contributed by atoms with van der Waals surface area (Å²) in [6, 6.07) is 12.8. The fourth-order valence-electron chi connectivity index (χ4n) is 2.70. The van der Waals surface area contributed by atoms with E-state index in [1.165, 1.54) is 6.92 Å². The molecule has 1 amide bonds. The first-order chi connectivity index (χ1) is 13.4. The molecule has 7 heteroatoms. The molecule has 0 saturated heterocycles. The number of ether oxygens (including phenoxy) is 1. The van der Waals surface area contributed by atoms with Crippen molar-refractivity contribution in [2.24, 2.45) is 5.73 Å². The van der Waals surface area contributed by atoms with Crippen LogP contribution in [-0.2, 0) is 9.59 Å². The highest BCUT2D eigenvalue weighted by molar-refractivity contribution is 5.95. The Kier molecular flexibility index (Phi) is 7.56. The van der Waals surface area contributed by atoms with Gasteiger partial charge in [0.05, 0.1) is 12.3 Å². The third kappa shape index (κ3) is 6.42. The second kappa shape index (κ2) is 10.1. The number of nitrogen functional groups attached to an aromatic ring is 1. The van der Waals surface area contributed by atoms with Gasteiger partial charge in [-0.15, -0.1) is 0 Å². The van der Waals surface area contributed by atoms with E-state index in [1.54, 1.807) is 18.2 Å². The van der Waals surface area contributed by atoms with E-state index in [0.29, 0.717) is 30.0 Å². The van der Waals surface area contributed by atoms with Crippen LogP contribution in [0.1, 0.15) is 38.2 Å². The number of benzene rings is 2. The zero-order valence-electron chi connectivity index (χ0n) is 15.8. The highest BCUT2D eigenvalue weighted by Crippen LogP contribution is 2.31. The third-order valence-electron chi connectivity index (χ3n) is 4.11. The highest BCUT2D eigenvalue weighted by atomic mass is 16.5. The minimum absolute atomic E-state index is 0.0117. The molecule has 0 saturated carbocycles. The Morgan fingerprint density at radius 2 is 1.75 bits per heavy atom. The van der Waals surface area contributed by atoms with Crippen LogP contribution < -0.4 is 15.8 Å². The molecular weight excluding hydrogens is 358 g/mol. The number of hydrogen-bond acceptors (Lipinski definition) is 4. The van der Waals surface area contributed by atoms with E-state index in [1.807, 2.05) is 24.3 Å². The Labute approximate surface area is 164 Å². The molecule has 0 radical (unpaired) electrons. The number of amidine groups is 1. The van der Waals surface area contributed by atoms with Gasteiger partial charge in [-0.25, -0.2) is 0 Å². The number of nitrogens with one attached hydrogen (secondary N) is 2. The van der Waals surface area contributed by atoms with Gasteiger partial charge in [0.15, 0.2) is 0 Å². The normalized spacial score (nSPS) is 10.3. The average Bonchev–Trinajstić information content (AvgIpc) is 2.65. The molecule has 0 aliphatic carbocycles. The van der Waals surface area contributed by atoms with Gasteiger partial charge in [-0.2, -0.15) is 0 Å². The monoisotopic (exact) mass is 383 g/mol. The first kappa shape index (κ1) is 21.0. The molecule has 28 heavy (non-hydrogen) atoms. The molecule has 7 nitrogen and oxygen atoms in total. The summed E-state index contributed by atoms with van der Waals surface area (Å²) in [6.45, 7) is 1.88. The van der Waals surface area contributed by atoms with Crippen molar-refractivity contribution in [1.29, 1.82) is 5.41 Å². The van der Waals surface area contributed by atoms with Crippen molar-refractivity contribution in [3.63, 3.8) is 0 Å². The Bertz CT molecular complexity index is 847. The summed E-state index contributed by atoms with van der Waals surface area (Å²) in [5, 5.41) is 18.9. The van der Waals surface area contributed by atoms with Crippen LogP contribution in [0.25, 0.3) is 11.1 Å². The quantitative estimate of drug-likeness (QED) is 0.283. The lowest BCUT2D eigenvalue weighted by Crippen LogP contribution is -2.10. The molecule has 148 valence electrons. The topological polar surface area (TPSA) is 126 Å². The van der Waals surface area contributed by atoms with Crippen LogP contribution in [0.15, 0.2) is 42.5 Å². The fourth-order valence-corrected chi connectivity index (χ4v) is 2.70. The van der Waals surface area contributed by atoms with E-state index in [0.717, 1.165) is 24.0 Å². The second-order valence-electron chi connectivity index (χ2n) is 6.44. The maximum atomic E-state index is 11.6. The van der Waals surface area contributed by atoms with E-state index in [4.69, 9.17) is 21.0 Å². The van der Waals surface area contributed by atoms with Crippen molar-refractivity contribution in [1.82, 2.24) is 0 Å². The molecule has 2 rings (SSSR count). The number of hydrogen-bond donors (Lipinski definition) is 4. The Hall–Kier alpha value is -3.35. The van der Waals surface area contributed by atoms with E-state index in [9.17, 15) is 9.59 Å².